The molecule has 0 saturated heterocycles. The molecule has 168 valence electrons. The number of rotatable bonds is 4. The lowest BCUT2D eigenvalue weighted by Crippen LogP contribution is -2.24. The van der Waals surface area contributed by atoms with Crippen LogP contribution in [0.5, 0.6) is 0 Å². The maximum atomic E-state index is 13.7. The first-order valence-electron chi connectivity index (χ1n) is 11.8. The molecule has 0 fully saturated rings. The molecule has 0 heterocycles. The standard InChI is InChI=1S/C33H24O2/c1-22-25-16-8-9-17-27(25)30-28-18-10-11-19-29(28)32(34)31(30)26(22)20-21-33(35,23-12-4-2-5-13-23)24-14-6-3-7-15-24/h2-21,35H,1H3/b21-20-. The van der Waals surface area contributed by atoms with Crippen molar-refractivity contribution in [3.63, 3.8) is 0 Å². The minimum Gasteiger partial charge on any atom is -0.377 e. The molecule has 0 spiro atoms. The summed E-state index contributed by atoms with van der Waals surface area (Å²) in [4.78, 5) is 13.7. The van der Waals surface area contributed by atoms with E-state index in [-0.39, 0.29) is 5.78 Å². The van der Waals surface area contributed by atoms with Gasteiger partial charge in [0.15, 0.2) is 5.78 Å². The Labute approximate surface area is 204 Å². The first-order chi connectivity index (χ1) is 17.1. The average molecular weight is 453 g/mol. The van der Waals surface area contributed by atoms with Gasteiger partial charge in [-0.2, -0.15) is 0 Å². The summed E-state index contributed by atoms with van der Waals surface area (Å²) < 4.78 is 0. The van der Waals surface area contributed by atoms with E-state index in [2.05, 4.69) is 19.1 Å². The van der Waals surface area contributed by atoms with Crippen molar-refractivity contribution < 1.29 is 9.90 Å². The zero-order chi connectivity index (χ0) is 24.0. The van der Waals surface area contributed by atoms with Crippen LogP contribution in [-0.4, -0.2) is 10.9 Å². The highest BCUT2D eigenvalue weighted by Gasteiger charge is 2.33. The fraction of sp³-hybridized carbons (Fsp3) is 0.0606. The molecule has 5 aromatic rings. The van der Waals surface area contributed by atoms with Crippen LogP contribution in [0.25, 0.3) is 28.0 Å². The zero-order valence-electron chi connectivity index (χ0n) is 19.4. The summed E-state index contributed by atoms with van der Waals surface area (Å²) in [6.45, 7) is 2.06. The molecular weight excluding hydrogens is 428 g/mol. The van der Waals surface area contributed by atoms with Crippen LogP contribution in [0.2, 0.25) is 0 Å². The maximum Gasteiger partial charge on any atom is 0.194 e. The summed E-state index contributed by atoms with van der Waals surface area (Å²) in [7, 11) is 0. The molecule has 5 aromatic carbocycles. The molecule has 0 saturated carbocycles. The Morgan fingerprint density at radius 1 is 0.629 bits per heavy atom. The molecule has 0 radical (unpaired) electrons. The van der Waals surface area contributed by atoms with Crippen LogP contribution >= 0.6 is 0 Å². The largest absolute Gasteiger partial charge is 0.377 e. The Hall–Kier alpha value is -4.27. The molecule has 6 rings (SSSR count). The highest BCUT2D eigenvalue weighted by atomic mass is 16.3. The van der Waals surface area contributed by atoms with E-state index in [4.69, 9.17) is 0 Å². The van der Waals surface area contributed by atoms with Gasteiger partial charge < -0.3 is 5.11 Å². The van der Waals surface area contributed by atoms with Gasteiger partial charge in [-0.25, -0.2) is 0 Å². The molecule has 2 heteroatoms. The van der Waals surface area contributed by atoms with Crippen molar-refractivity contribution in [3.8, 4) is 11.1 Å². The normalized spacial score (nSPS) is 12.8. The fourth-order valence-electron chi connectivity index (χ4n) is 5.34. The molecule has 0 aliphatic heterocycles. The van der Waals surface area contributed by atoms with Crippen LogP contribution in [0.3, 0.4) is 0 Å². The first-order valence-corrected chi connectivity index (χ1v) is 11.8. The monoisotopic (exact) mass is 452 g/mol. The van der Waals surface area contributed by atoms with Gasteiger partial charge in [0.25, 0.3) is 0 Å². The number of fused-ring (bicyclic) bond motifs is 5. The lowest BCUT2D eigenvalue weighted by molar-refractivity contribution is 0.104. The Morgan fingerprint density at radius 2 is 1.14 bits per heavy atom. The molecule has 2 nitrogen and oxygen atoms in total. The number of carbonyl (C=O) groups is 1. The van der Waals surface area contributed by atoms with Crippen LogP contribution < -0.4 is 0 Å². The van der Waals surface area contributed by atoms with Crippen molar-refractivity contribution in [2.75, 3.05) is 0 Å². The third-order valence-corrected chi connectivity index (χ3v) is 7.11. The van der Waals surface area contributed by atoms with Gasteiger partial charge >= 0.3 is 0 Å². The van der Waals surface area contributed by atoms with E-state index in [1.807, 2.05) is 109 Å². The van der Waals surface area contributed by atoms with Crippen molar-refractivity contribution in [2.45, 2.75) is 12.5 Å². The van der Waals surface area contributed by atoms with Crippen molar-refractivity contribution >= 4 is 22.6 Å². The highest BCUT2D eigenvalue weighted by Crippen LogP contribution is 2.45. The highest BCUT2D eigenvalue weighted by molar-refractivity contribution is 6.28. The van der Waals surface area contributed by atoms with E-state index < -0.39 is 5.60 Å². The molecule has 1 aliphatic rings. The smallest absolute Gasteiger partial charge is 0.194 e. The molecule has 0 bridgehead atoms. The van der Waals surface area contributed by atoms with E-state index >= 15 is 0 Å². The number of hydrogen-bond acceptors (Lipinski definition) is 2. The Morgan fingerprint density at radius 3 is 1.77 bits per heavy atom. The van der Waals surface area contributed by atoms with Crippen LogP contribution in [-0.2, 0) is 5.60 Å². The third kappa shape index (κ3) is 3.26. The van der Waals surface area contributed by atoms with Crippen LogP contribution in [0.15, 0.2) is 115 Å². The van der Waals surface area contributed by atoms with E-state index in [0.717, 1.165) is 49.7 Å². The Kier molecular flexibility index (Phi) is 4.98. The van der Waals surface area contributed by atoms with Gasteiger partial charge in [0.1, 0.15) is 5.60 Å². The topological polar surface area (TPSA) is 37.3 Å². The van der Waals surface area contributed by atoms with Crippen LogP contribution in [0.1, 0.15) is 38.2 Å². The van der Waals surface area contributed by atoms with Crippen molar-refractivity contribution in [2.24, 2.45) is 0 Å². The molecule has 35 heavy (non-hydrogen) atoms. The molecule has 0 atom stereocenters. The number of aliphatic hydroxyl groups is 1. The number of hydrogen-bond donors (Lipinski definition) is 1. The van der Waals surface area contributed by atoms with E-state index in [1.54, 1.807) is 0 Å². The van der Waals surface area contributed by atoms with Crippen molar-refractivity contribution in [1.29, 1.82) is 0 Å². The minimum atomic E-state index is -1.35. The number of ketones is 1. The first kappa shape index (κ1) is 21.3. The quantitative estimate of drug-likeness (QED) is 0.304. The summed E-state index contributed by atoms with van der Waals surface area (Å²) >= 11 is 0. The van der Waals surface area contributed by atoms with E-state index in [1.165, 1.54) is 0 Å². The number of aryl methyl sites for hydroxylation is 1. The second kappa shape index (κ2) is 8.19. The van der Waals surface area contributed by atoms with Gasteiger partial charge in [-0.3, -0.25) is 4.79 Å². The van der Waals surface area contributed by atoms with Gasteiger partial charge in [-0.05, 0) is 51.6 Å². The summed E-state index contributed by atoms with van der Waals surface area (Å²) in [6.07, 6.45) is 3.76. The predicted molar refractivity (Wildman–Crippen MR) is 142 cm³/mol. The second-order valence-electron chi connectivity index (χ2n) is 9.04. The molecule has 1 aliphatic carbocycles. The lowest BCUT2D eigenvalue weighted by atomic mass is 9.84. The van der Waals surface area contributed by atoms with Gasteiger partial charge in [-0.15, -0.1) is 0 Å². The summed E-state index contributed by atoms with van der Waals surface area (Å²) in [5, 5.41) is 14.2. The molecular formula is C33H24O2. The summed E-state index contributed by atoms with van der Waals surface area (Å²) in [5.41, 5.74) is 5.47. The molecule has 0 amide bonds. The number of carbonyl (C=O) groups excluding carboxylic acids is 1. The van der Waals surface area contributed by atoms with Gasteiger partial charge in [0.2, 0.25) is 0 Å². The maximum absolute atomic E-state index is 13.7. The SMILES string of the molecule is Cc1c(/C=C\C(O)(c2ccccc2)c2ccccc2)c2c(c3ccccc13)-c1ccccc1C2=O. The van der Waals surface area contributed by atoms with Gasteiger partial charge in [0.05, 0.1) is 0 Å². The Balaban J connectivity index is 1.62. The minimum absolute atomic E-state index is 0.0343. The van der Waals surface area contributed by atoms with Gasteiger partial charge in [0, 0.05) is 16.7 Å². The van der Waals surface area contributed by atoms with Crippen molar-refractivity contribution in [3.05, 3.63) is 149 Å². The van der Waals surface area contributed by atoms with Crippen LogP contribution in [0, 0.1) is 6.92 Å². The van der Waals surface area contributed by atoms with E-state index in [0.29, 0.717) is 5.56 Å². The zero-order valence-corrected chi connectivity index (χ0v) is 19.4. The Bertz CT molecular complexity index is 1570. The third-order valence-electron chi connectivity index (χ3n) is 7.11. The predicted octanol–water partition coefficient (Wildman–Crippen LogP) is 7.31. The molecule has 0 unspecified atom stereocenters. The average Bonchev–Trinajstić information content (AvgIpc) is 3.22. The summed E-state index contributed by atoms with van der Waals surface area (Å²) in [6, 6.07) is 35.4. The van der Waals surface area contributed by atoms with Gasteiger partial charge in [-0.1, -0.05) is 115 Å². The lowest BCUT2D eigenvalue weighted by Gasteiger charge is -2.26. The second-order valence-corrected chi connectivity index (χ2v) is 9.04. The van der Waals surface area contributed by atoms with Crippen molar-refractivity contribution in [1.82, 2.24) is 0 Å². The summed E-state index contributed by atoms with van der Waals surface area (Å²) in [5.74, 6) is 0.0343. The molecule has 1 N–H and O–H groups in total. The van der Waals surface area contributed by atoms with E-state index in [9.17, 15) is 9.90 Å². The fourth-order valence-corrected chi connectivity index (χ4v) is 5.34. The molecule has 0 aromatic heterocycles. The number of benzene rings is 5. The van der Waals surface area contributed by atoms with Crippen LogP contribution in [0.4, 0.5) is 0 Å².